The van der Waals surface area contributed by atoms with Crippen molar-refractivity contribution in [2.45, 2.75) is 11.4 Å². The Bertz CT molecular complexity index is 266. The first-order valence-electron chi connectivity index (χ1n) is 3.70. The molecule has 12 heavy (non-hydrogen) atoms. The van der Waals surface area contributed by atoms with E-state index in [1.807, 2.05) is 24.3 Å². The minimum atomic E-state index is 0.835. The van der Waals surface area contributed by atoms with Crippen LogP contribution in [-0.2, 0) is 0 Å². The molecule has 0 radical (unpaired) electrons. The zero-order chi connectivity index (χ0) is 8.81. The highest BCUT2D eigenvalue weighted by atomic mass is 32.2. The second-order valence-corrected chi connectivity index (χ2v) is 3.50. The summed E-state index contributed by atoms with van der Waals surface area (Å²) in [5, 5.41) is 0.990. The van der Waals surface area contributed by atoms with E-state index in [9.17, 15) is 0 Å². The molecule has 0 unspecified atom stereocenters. The van der Waals surface area contributed by atoms with Gasteiger partial charge in [-0.15, -0.1) is 6.58 Å². The van der Waals surface area contributed by atoms with Gasteiger partial charge in [0.25, 0.3) is 0 Å². The molecule has 0 aromatic carbocycles. The molecule has 1 rings (SSSR count). The third kappa shape index (κ3) is 2.93. The number of hydrogen-bond donors (Lipinski definition) is 0. The molecule has 0 amide bonds. The molecule has 0 bridgehead atoms. The van der Waals surface area contributed by atoms with Crippen molar-refractivity contribution in [3.63, 3.8) is 0 Å². The highest BCUT2D eigenvalue weighted by Crippen LogP contribution is 2.24. The van der Waals surface area contributed by atoms with Crippen LogP contribution in [0.2, 0.25) is 0 Å². The van der Waals surface area contributed by atoms with Crippen LogP contribution in [0.15, 0.2) is 53.6 Å². The van der Waals surface area contributed by atoms with Gasteiger partial charge in [0.2, 0.25) is 0 Å². The van der Waals surface area contributed by atoms with E-state index >= 15 is 0 Å². The van der Waals surface area contributed by atoms with Gasteiger partial charge >= 0.3 is 0 Å². The Kier molecular flexibility index (Phi) is 3.61. The summed E-state index contributed by atoms with van der Waals surface area (Å²) >= 11 is 1.59. The summed E-state index contributed by atoms with van der Waals surface area (Å²) in [4.78, 5) is 5.24. The molecule has 1 aromatic heterocycles. The van der Waals surface area contributed by atoms with Gasteiger partial charge in [0.05, 0.1) is 0 Å². The Balaban J connectivity index is 2.52. The number of pyridine rings is 1. The van der Waals surface area contributed by atoms with Crippen molar-refractivity contribution in [1.82, 2.24) is 4.98 Å². The summed E-state index contributed by atoms with van der Waals surface area (Å²) in [5.41, 5.74) is 0. The van der Waals surface area contributed by atoms with Crippen molar-refractivity contribution < 1.29 is 0 Å². The largest absolute Gasteiger partial charge is 0.250 e. The van der Waals surface area contributed by atoms with E-state index in [1.54, 1.807) is 18.0 Å². The molecule has 0 aliphatic rings. The maximum Gasteiger partial charge on any atom is 0.100 e. The van der Waals surface area contributed by atoms with Crippen molar-refractivity contribution in [3.05, 3.63) is 48.5 Å². The summed E-state index contributed by atoms with van der Waals surface area (Å²) in [6, 6.07) is 5.84. The predicted molar refractivity (Wildman–Crippen MR) is 54.0 cm³/mol. The average molecular weight is 177 g/mol. The lowest BCUT2D eigenvalue weighted by Crippen LogP contribution is -1.77. The van der Waals surface area contributed by atoms with Crippen molar-refractivity contribution >= 4 is 11.8 Å². The topological polar surface area (TPSA) is 12.9 Å². The molecule has 0 saturated carbocycles. The van der Waals surface area contributed by atoms with Gasteiger partial charge in [-0.1, -0.05) is 30.5 Å². The van der Waals surface area contributed by atoms with Crippen molar-refractivity contribution in [1.29, 1.82) is 0 Å². The summed E-state index contributed by atoms with van der Waals surface area (Å²) in [6.07, 6.45) is 4.46. The van der Waals surface area contributed by atoms with E-state index in [0.29, 0.717) is 0 Å². The Morgan fingerprint density at radius 1 is 1.58 bits per heavy atom. The van der Waals surface area contributed by atoms with Gasteiger partial charge in [-0.2, -0.15) is 0 Å². The van der Waals surface area contributed by atoms with Gasteiger partial charge < -0.3 is 0 Å². The summed E-state index contributed by atoms with van der Waals surface area (Å²) in [6.45, 7) is 7.54. The van der Waals surface area contributed by atoms with Gasteiger partial charge in [-0.3, -0.25) is 0 Å². The minimum Gasteiger partial charge on any atom is -0.250 e. The minimum absolute atomic E-state index is 0.835. The van der Waals surface area contributed by atoms with Gasteiger partial charge in [-0.25, -0.2) is 4.98 Å². The molecule has 2 heteroatoms. The summed E-state index contributed by atoms with van der Waals surface area (Å²) < 4.78 is 0. The molecule has 0 aliphatic heterocycles. The number of nitrogens with zero attached hydrogens (tertiary/aromatic N) is 1. The number of allylic oxidation sites excluding steroid dienone is 2. The van der Waals surface area contributed by atoms with Crippen LogP contribution in [0.3, 0.4) is 0 Å². The quantitative estimate of drug-likeness (QED) is 0.517. The lowest BCUT2D eigenvalue weighted by molar-refractivity contribution is 1.14. The lowest BCUT2D eigenvalue weighted by atomic mass is 10.4. The first kappa shape index (κ1) is 9.07. The molecule has 1 heterocycles. The third-order valence-corrected chi connectivity index (χ3v) is 2.16. The molecule has 0 spiro atoms. The van der Waals surface area contributed by atoms with Gasteiger partial charge in [-0.05, 0) is 23.5 Å². The smallest absolute Gasteiger partial charge is 0.100 e. The van der Waals surface area contributed by atoms with Crippen LogP contribution in [0.4, 0.5) is 0 Å². The standard InChI is InChI=1S/C10H11NS/c1-3-6-9(2)12-10-7-4-5-8-11-10/h3-5,7-8H,1-2,6H2. The molecule has 62 valence electrons. The maximum atomic E-state index is 4.17. The molecule has 0 atom stereocenters. The average Bonchev–Trinajstić information content (AvgIpc) is 2.06. The van der Waals surface area contributed by atoms with Crippen LogP contribution in [0.1, 0.15) is 6.42 Å². The molecule has 1 nitrogen and oxygen atoms in total. The lowest BCUT2D eigenvalue weighted by Gasteiger charge is -1.99. The number of rotatable bonds is 4. The fourth-order valence-corrected chi connectivity index (χ4v) is 1.52. The Labute approximate surface area is 77.2 Å². The normalized spacial score (nSPS) is 9.33. The fourth-order valence-electron chi connectivity index (χ4n) is 0.758. The van der Waals surface area contributed by atoms with E-state index in [4.69, 9.17) is 0 Å². The van der Waals surface area contributed by atoms with Crippen LogP contribution < -0.4 is 0 Å². The summed E-state index contributed by atoms with van der Waals surface area (Å²) in [7, 11) is 0. The fraction of sp³-hybridized carbons (Fsp3) is 0.100. The van der Waals surface area contributed by atoms with E-state index < -0.39 is 0 Å². The van der Waals surface area contributed by atoms with Crippen LogP contribution in [0.5, 0.6) is 0 Å². The highest BCUT2D eigenvalue weighted by molar-refractivity contribution is 8.03. The molecule has 1 aromatic rings. The van der Waals surface area contributed by atoms with Crippen molar-refractivity contribution in [2.75, 3.05) is 0 Å². The van der Waals surface area contributed by atoms with E-state index in [1.165, 1.54) is 0 Å². The van der Waals surface area contributed by atoms with Crippen molar-refractivity contribution in [2.24, 2.45) is 0 Å². The zero-order valence-corrected chi connectivity index (χ0v) is 7.68. The first-order valence-corrected chi connectivity index (χ1v) is 4.52. The number of aromatic nitrogens is 1. The van der Waals surface area contributed by atoms with E-state index in [-0.39, 0.29) is 0 Å². The van der Waals surface area contributed by atoms with Crippen molar-refractivity contribution in [3.8, 4) is 0 Å². The third-order valence-electron chi connectivity index (χ3n) is 1.26. The molecule has 0 fully saturated rings. The van der Waals surface area contributed by atoms with Gasteiger partial charge in [0.1, 0.15) is 5.03 Å². The first-order chi connectivity index (χ1) is 5.83. The SMILES string of the molecule is C=CCC(=C)Sc1ccccn1. The molecule has 0 N–H and O–H groups in total. The summed E-state index contributed by atoms with van der Waals surface area (Å²) in [5.74, 6) is 0. The Morgan fingerprint density at radius 3 is 3.00 bits per heavy atom. The predicted octanol–water partition coefficient (Wildman–Crippen LogP) is 3.26. The van der Waals surface area contributed by atoms with Gasteiger partial charge in [0, 0.05) is 6.20 Å². The van der Waals surface area contributed by atoms with Crippen LogP contribution in [0.25, 0.3) is 0 Å². The maximum absolute atomic E-state index is 4.17. The van der Waals surface area contributed by atoms with Gasteiger partial charge in [0.15, 0.2) is 0 Å². The second-order valence-electron chi connectivity index (χ2n) is 2.30. The van der Waals surface area contributed by atoms with Crippen LogP contribution in [-0.4, -0.2) is 4.98 Å². The van der Waals surface area contributed by atoms with Crippen LogP contribution >= 0.6 is 11.8 Å². The Hall–Kier alpha value is -1.02. The van der Waals surface area contributed by atoms with E-state index in [0.717, 1.165) is 16.4 Å². The molecular weight excluding hydrogens is 166 g/mol. The molecular formula is C10H11NS. The second kappa shape index (κ2) is 4.78. The monoisotopic (exact) mass is 177 g/mol. The number of hydrogen-bond acceptors (Lipinski definition) is 2. The molecule has 0 saturated heterocycles. The van der Waals surface area contributed by atoms with Crippen LogP contribution in [0, 0.1) is 0 Å². The Morgan fingerprint density at radius 2 is 2.42 bits per heavy atom. The van der Waals surface area contributed by atoms with E-state index in [2.05, 4.69) is 18.1 Å². The highest BCUT2D eigenvalue weighted by Gasteiger charge is 1.95. The molecule has 0 aliphatic carbocycles. The zero-order valence-electron chi connectivity index (χ0n) is 6.86. The number of thioether (sulfide) groups is 1.